The van der Waals surface area contributed by atoms with Gasteiger partial charge in [-0.15, -0.1) is 0 Å². The molecule has 2 fully saturated rings. The van der Waals surface area contributed by atoms with E-state index >= 15 is 0 Å². The number of hydrogen-bond donors (Lipinski definition) is 3. The van der Waals surface area contributed by atoms with Gasteiger partial charge in [-0.05, 0) is 84.6 Å². The molecule has 3 aliphatic rings. The van der Waals surface area contributed by atoms with Crippen LogP contribution in [0.25, 0.3) is 0 Å². The molecule has 0 aromatic carbocycles. The Morgan fingerprint density at radius 1 is 1.04 bits per heavy atom. The van der Waals surface area contributed by atoms with Crippen LogP contribution in [0.2, 0.25) is 0 Å². The molecule has 0 amide bonds. The first-order valence-electron chi connectivity index (χ1n) is 9.41. The zero-order chi connectivity index (χ0) is 18.0. The van der Waals surface area contributed by atoms with Crippen molar-refractivity contribution >= 4 is 0 Å². The lowest BCUT2D eigenvalue weighted by Crippen LogP contribution is -2.42. The molecule has 6 atom stereocenters. The van der Waals surface area contributed by atoms with Gasteiger partial charge in [-0.25, -0.2) is 0 Å². The Morgan fingerprint density at radius 3 is 2.29 bits per heavy atom. The van der Waals surface area contributed by atoms with Crippen LogP contribution in [-0.4, -0.2) is 43.8 Å². The molecule has 1 aliphatic heterocycles. The lowest BCUT2D eigenvalue weighted by molar-refractivity contribution is -0.0482. The highest BCUT2D eigenvalue weighted by Gasteiger charge is 2.55. The van der Waals surface area contributed by atoms with E-state index in [4.69, 9.17) is 4.74 Å². The molecule has 2 aliphatic carbocycles. The van der Waals surface area contributed by atoms with Crippen LogP contribution < -0.4 is 0 Å². The zero-order valence-electron chi connectivity index (χ0n) is 15.8. The molecule has 0 spiro atoms. The van der Waals surface area contributed by atoms with Gasteiger partial charge in [-0.2, -0.15) is 0 Å². The molecule has 0 radical (unpaired) electrons. The monoisotopic (exact) mass is 338 g/mol. The SMILES string of the molecule is CC(C)(O)/C1=C\[C@H]2[C@@H](CC[C@]2(C)O)[C@](C)(O)CC[C@H]2O[C@]2(C)CC1. The minimum absolute atomic E-state index is 0.00737. The number of rotatable bonds is 1. The third-order valence-electron chi connectivity index (χ3n) is 6.92. The summed E-state index contributed by atoms with van der Waals surface area (Å²) in [4.78, 5) is 0. The molecule has 0 unspecified atom stereocenters. The third kappa shape index (κ3) is 3.31. The smallest absolute Gasteiger partial charge is 0.0923 e. The van der Waals surface area contributed by atoms with Gasteiger partial charge >= 0.3 is 0 Å². The van der Waals surface area contributed by atoms with E-state index in [1.807, 2.05) is 27.7 Å². The average Bonchev–Trinajstić information content (AvgIpc) is 2.96. The normalized spacial score (nSPS) is 51.8. The fourth-order valence-corrected chi connectivity index (χ4v) is 4.90. The van der Waals surface area contributed by atoms with E-state index in [0.29, 0.717) is 12.8 Å². The van der Waals surface area contributed by atoms with E-state index in [1.54, 1.807) is 0 Å². The number of ether oxygens (including phenoxy) is 1. The van der Waals surface area contributed by atoms with Gasteiger partial charge in [-0.1, -0.05) is 6.08 Å². The minimum atomic E-state index is -0.927. The standard InChI is InChI=1S/C20H34O4/c1-17(2,21)13-6-11-20(5)16(24-20)8-10-18(3,22)14-7-9-19(4,23)15(14)12-13/h12,14-16,21-23H,6-11H2,1-5H3/b13-12-/t14-,15+,16-,18-,19+,20-/m1/s1. The number of hydrogen-bond acceptors (Lipinski definition) is 4. The molecule has 138 valence electrons. The van der Waals surface area contributed by atoms with E-state index in [1.165, 1.54) is 0 Å². The summed E-state index contributed by atoms with van der Waals surface area (Å²) in [5, 5.41) is 32.7. The lowest BCUT2D eigenvalue weighted by atomic mass is 9.74. The minimum Gasteiger partial charge on any atom is -0.390 e. The fourth-order valence-electron chi connectivity index (χ4n) is 4.90. The summed E-state index contributed by atoms with van der Waals surface area (Å²) in [7, 11) is 0. The number of epoxide rings is 1. The van der Waals surface area contributed by atoms with Crippen LogP contribution >= 0.6 is 0 Å². The highest BCUT2D eigenvalue weighted by molar-refractivity contribution is 5.22. The second-order valence-corrected chi connectivity index (χ2v) is 9.59. The summed E-state index contributed by atoms with van der Waals surface area (Å²) in [6.45, 7) is 9.52. The summed E-state index contributed by atoms with van der Waals surface area (Å²) >= 11 is 0. The maximum absolute atomic E-state index is 11.1. The van der Waals surface area contributed by atoms with Crippen molar-refractivity contribution < 1.29 is 20.1 Å². The molecule has 4 nitrogen and oxygen atoms in total. The van der Waals surface area contributed by atoms with Gasteiger partial charge in [0.05, 0.1) is 28.5 Å². The first-order valence-corrected chi connectivity index (χ1v) is 9.41. The molecule has 24 heavy (non-hydrogen) atoms. The molecule has 1 saturated carbocycles. The van der Waals surface area contributed by atoms with Crippen molar-refractivity contribution in [3.05, 3.63) is 11.6 Å². The Morgan fingerprint density at radius 2 is 1.67 bits per heavy atom. The first kappa shape index (κ1) is 18.4. The predicted molar refractivity (Wildman–Crippen MR) is 93.6 cm³/mol. The summed E-state index contributed by atoms with van der Waals surface area (Å²) in [5.74, 6) is -0.120. The molecule has 0 aromatic heterocycles. The number of fused-ring (bicyclic) bond motifs is 2. The summed E-state index contributed by atoms with van der Waals surface area (Å²) in [6, 6.07) is 0. The van der Waals surface area contributed by atoms with E-state index in [9.17, 15) is 15.3 Å². The largest absolute Gasteiger partial charge is 0.390 e. The van der Waals surface area contributed by atoms with Crippen molar-refractivity contribution in [2.24, 2.45) is 11.8 Å². The highest BCUT2D eigenvalue weighted by atomic mass is 16.6. The molecule has 3 rings (SSSR count). The average molecular weight is 338 g/mol. The van der Waals surface area contributed by atoms with Crippen molar-refractivity contribution in [3.63, 3.8) is 0 Å². The highest BCUT2D eigenvalue weighted by Crippen LogP contribution is 2.52. The van der Waals surface area contributed by atoms with E-state index < -0.39 is 16.8 Å². The van der Waals surface area contributed by atoms with Gasteiger partial charge < -0.3 is 20.1 Å². The van der Waals surface area contributed by atoms with Gasteiger partial charge in [0.1, 0.15) is 0 Å². The van der Waals surface area contributed by atoms with Crippen LogP contribution in [0.1, 0.15) is 73.1 Å². The Hall–Kier alpha value is -0.420. The van der Waals surface area contributed by atoms with Crippen LogP contribution in [0.5, 0.6) is 0 Å². The molecule has 0 aromatic rings. The third-order valence-corrected chi connectivity index (χ3v) is 6.92. The predicted octanol–water partition coefficient (Wildman–Crippen LogP) is 2.94. The van der Waals surface area contributed by atoms with Crippen molar-refractivity contribution in [2.45, 2.75) is 102 Å². The van der Waals surface area contributed by atoms with Crippen LogP contribution in [-0.2, 0) is 4.74 Å². The second-order valence-electron chi connectivity index (χ2n) is 9.59. The molecule has 0 bridgehead atoms. The second kappa shape index (κ2) is 5.54. The Labute approximate surface area is 145 Å². The van der Waals surface area contributed by atoms with Crippen LogP contribution in [0.4, 0.5) is 0 Å². The zero-order valence-corrected chi connectivity index (χ0v) is 15.8. The van der Waals surface area contributed by atoms with Crippen LogP contribution in [0, 0.1) is 11.8 Å². The van der Waals surface area contributed by atoms with E-state index in [2.05, 4.69) is 13.0 Å². The van der Waals surface area contributed by atoms with Crippen molar-refractivity contribution in [1.82, 2.24) is 0 Å². The van der Waals surface area contributed by atoms with Gasteiger partial charge in [0.25, 0.3) is 0 Å². The molecule has 1 saturated heterocycles. The van der Waals surface area contributed by atoms with Crippen molar-refractivity contribution in [2.75, 3.05) is 0 Å². The molecule has 4 heteroatoms. The quantitative estimate of drug-likeness (QED) is 0.508. The molecular weight excluding hydrogens is 304 g/mol. The summed E-state index contributed by atoms with van der Waals surface area (Å²) in [5.41, 5.74) is -1.77. The fraction of sp³-hybridized carbons (Fsp3) is 0.900. The lowest BCUT2D eigenvalue weighted by Gasteiger charge is -2.37. The molecular formula is C20H34O4. The molecule has 3 N–H and O–H groups in total. The maximum Gasteiger partial charge on any atom is 0.0923 e. The Balaban J connectivity index is 2.00. The van der Waals surface area contributed by atoms with E-state index in [0.717, 1.165) is 31.3 Å². The van der Waals surface area contributed by atoms with Crippen molar-refractivity contribution in [1.29, 1.82) is 0 Å². The Bertz CT molecular complexity index is 528. The van der Waals surface area contributed by atoms with Gasteiger partial charge in [0.15, 0.2) is 0 Å². The van der Waals surface area contributed by atoms with Crippen molar-refractivity contribution in [3.8, 4) is 0 Å². The van der Waals surface area contributed by atoms with Gasteiger partial charge in [0, 0.05) is 5.92 Å². The molecule has 1 heterocycles. The topological polar surface area (TPSA) is 73.2 Å². The Kier molecular flexibility index (Phi) is 4.24. The summed E-state index contributed by atoms with van der Waals surface area (Å²) in [6.07, 6.45) is 6.94. The van der Waals surface area contributed by atoms with E-state index in [-0.39, 0.29) is 23.5 Å². The van der Waals surface area contributed by atoms with Crippen LogP contribution in [0.3, 0.4) is 0 Å². The van der Waals surface area contributed by atoms with Gasteiger partial charge in [-0.3, -0.25) is 0 Å². The summed E-state index contributed by atoms with van der Waals surface area (Å²) < 4.78 is 5.91. The van der Waals surface area contributed by atoms with Crippen LogP contribution in [0.15, 0.2) is 11.6 Å². The first-order chi connectivity index (χ1) is 10.9. The maximum atomic E-state index is 11.1. The number of aliphatic hydroxyl groups is 3. The van der Waals surface area contributed by atoms with Gasteiger partial charge in [0.2, 0.25) is 0 Å².